The van der Waals surface area contributed by atoms with E-state index >= 15 is 0 Å². The lowest BCUT2D eigenvalue weighted by molar-refractivity contribution is 0.110. The first-order valence-electron chi connectivity index (χ1n) is 5.22. The first-order valence-corrected chi connectivity index (χ1v) is 5.22. The minimum Gasteiger partial charge on any atom is -0.395 e. The fourth-order valence-electron chi connectivity index (χ4n) is 1.31. The first kappa shape index (κ1) is 11.0. The third kappa shape index (κ3) is 5.24. The smallest absolute Gasteiger partial charge is 0.0585 e. The van der Waals surface area contributed by atoms with Crippen LogP contribution in [-0.2, 0) is 4.74 Å². The summed E-state index contributed by atoms with van der Waals surface area (Å²) in [5.41, 5.74) is 0. The van der Waals surface area contributed by atoms with Gasteiger partial charge in [0.2, 0.25) is 0 Å². The third-order valence-electron chi connectivity index (χ3n) is 2.61. The Hall–Kier alpha value is -0.120. The summed E-state index contributed by atoms with van der Waals surface area (Å²) >= 11 is 0. The van der Waals surface area contributed by atoms with Gasteiger partial charge in [0.1, 0.15) is 0 Å². The summed E-state index contributed by atoms with van der Waals surface area (Å²) in [5.74, 6) is 0.956. The number of aliphatic hydroxyl groups is 1. The van der Waals surface area contributed by atoms with Gasteiger partial charge in [0.25, 0.3) is 0 Å². The van der Waals surface area contributed by atoms with E-state index < -0.39 is 0 Å². The van der Waals surface area contributed by atoms with E-state index in [0.717, 1.165) is 25.6 Å². The Kier molecular flexibility index (Phi) is 5.35. The molecule has 1 unspecified atom stereocenters. The Morgan fingerprint density at radius 3 is 2.77 bits per heavy atom. The van der Waals surface area contributed by atoms with Crippen molar-refractivity contribution in [1.29, 1.82) is 0 Å². The van der Waals surface area contributed by atoms with Gasteiger partial charge in [0.15, 0.2) is 0 Å². The van der Waals surface area contributed by atoms with Gasteiger partial charge in [-0.25, -0.2) is 0 Å². The minimum atomic E-state index is 0.195. The summed E-state index contributed by atoms with van der Waals surface area (Å²) in [7, 11) is 1.87. The molecule has 1 aliphatic carbocycles. The molecule has 1 saturated carbocycles. The molecule has 1 fully saturated rings. The molecule has 78 valence electrons. The quantitative estimate of drug-likeness (QED) is 0.552. The molecule has 0 aliphatic heterocycles. The van der Waals surface area contributed by atoms with Gasteiger partial charge in [0, 0.05) is 19.3 Å². The van der Waals surface area contributed by atoms with E-state index in [1.54, 1.807) is 0 Å². The Morgan fingerprint density at radius 2 is 2.23 bits per heavy atom. The largest absolute Gasteiger partial charge is 0.395 e. The first-order chi connectivity index (χ1) is 6.36. The van der Waals surface area contributed by atoms with Gasteiger partial charge in [-0.05, 0) is 25.8 Å². The minimum absolute atomic E-state index is 0.195. The normalized spacial score (nSPS) is 18.9. The zero-order valence-electron chi connectivity index (χ0n) is 8.46. The predicted octanol–water partition coefficient (Wildman–Crippen LogP) is 0.773. The van der Waals surface area contributed by atoms with Crippen molar-refractivity contribution in [2.75, 3.05) is 26.9 Å². The highest BCUT2D eigenvalue weighted by atomic mass is 16.5. The highest BCUT2D eigenvalue weighted by Gasteiger charge is 2.20. The van der Waals surface area contributed by atoms with Crippen LogP contribution in [0, 0.1) is 5.92 Å². The Labute approximate surface area is 80.5 Å². The van der Waals surface area contributed by atoms with Crippen LogP contribution in [0.5, 0.6) is 0 Å². The van der Waals surface area contributed by atoms with Crippen molar-refractivity contribution in [3.05, 3.63) is 0 Å². The fraction of sp³-hybridized carbons (Fsp3) is 1.00. The molecule has 0 aromatic carbocycles. The molecule has 0 amide bonds. The molecule has 1 atom stereocenters. The van der Waals surface area contributed by atoms with Gasteiger partial charge in [-0.2, -0.15) is 0 Å². The van der Waals surface area contributed by atoms with Gasteiger partial charge in [-0.15, -0.1) is 0 Å². The van der Waals surface area contributed by atoms with Crippen molar-refractivity contribution < 1.29 is 9.84 Å². The van der Waals surface area contributed by atoms with Crippen LogP contribution in [0.15, 0.2) is 0 Å². The van der Waals surface area contributed by atoms with Crippen LogP contribution in [0.1, 0.15) is 25.7 Å². The van der Waals surface area contributed by atoms with Crippen molar-refractivity contribution in [2.24, 2.45) is 5.92 Å². The van der Waals surface area contributed by atoms with E-state index in [1.165, 1.54) is 19.3 Å². The lowest BCUT2D eigenvalue weighted by atomic mass is 10.2. The lowest BCUT2D eigenvalue weighted by Gasteiger charge is -2.12. The van der Waals surface area contributed by atoms with Crippen LogP contribution in [-0.4, -0.2) is 38.0 Å². The Morgan fingerprint density at radius 1 is 1.46 bits per heavy atom. The molecular formula is C10H21NO2. The van der Waals surface area contributed by atoms with Crippen molar-refractivity contribution in [1.82, 2.24) is 5.32 Å². The van der Waals surface area contributed by atoms with E-state index in [-0.39, 0.29) is 12.6 Å². The predicted molar refractivity (Wildman–Crippen MR) is 52.7 cm³/mol. The van der Waals surface area contributed by atoms with Crippen LogP contribution in [0.2, 0.25) is 0 Å². The second kappa shape index (κ2) is 6.35. The molecule has 0 spiro atoms. The van der Waals surface area contributed by atoms with Gasteiger partial charge in [-0.3, -0.25) is 0 Å². The number of ether oxygens (including phenoxy) is 1. The van der Waals surface area contributed by atoms with Crippen LogP contribution >= 0.6 is 0 Å². The number of nitrogens with one attached hydrogen (secondary N) is 1. The SMILES string of the molecule is CNC(CO)CCOCCC1CC1. The summed E-state index contributed by atoms with van der Waals surface area (Å²) in [5, 5.41) is 11.9. The van der Waals surface area contributed by atoms with Gasteiger partial charge >= 0.3 is 0 Å². The van der Waals surface area contributed by atoms with Crippen LogP contribution < -0.4 is 5.32 Å². The molecular weight excluding hydrogens is 166 g/mol. The maximum Gasteiger partial charge on any atom is 0.0585 e. The fourth-order valence-corrected chi connectivity index (χ4v) is 1.31. The second-order valence-corrected chi connectivity index (χ2v) is 3.80. The molecule has 0 aromatic rings. The van der Waals surface area contributed by atoms with Crippen LogP contribution in [0.3, 0.4) is 0 Å². The maximum absolute atomic E-state index is 8.86. The molecule has 0 saturated heterocycles. The molecule has 0 bridgehead atoms. The van der Waals surface area contributed by atoms with Gasteiger partial charge < -0.3 is 15.2 Å². The number of likely N-dealkylation sites (N-methyl/N-ethyl adjacent to an activating group) is 1. The summed E-state index contributed by atoms with van der Waals surface area (Å²) in [6, 6.07) is 0.195. The molecule has 0 aromatic heterocycles. The second-order valence-electron chi connectivity index (χ2n) is 3.80. The zero-order valence-corrected chi connectivity index (χ0v) is 8.46. The van der Waals surface area contributed by atoms with E-state index in [0.29, 0.717) is 0 Å². The lowest BCUT2D eigenvalue weighted by Crippen LogP contribution is -2.30. The molecule has 0 radical (unpaired) electrons. The monoisotopic (exact) mass is 187 g/mol. The molecule has 3 heteroatoms. The van der Waals surface area contributed by atoms with Gasteiger partial charge in [-0.1, -0.05) is 12.8 Å². The third-order valence-corrected chi connectivity index (χ3v) is 2.61. The number of rotatable bonds is 8. The van der Waals surface area contributed by atoms with Crippen molar-refractivity contribution in [3.8, 4) is 0 Å². The van der Waals surface area contributed by atoms with E-state index in [1.807, 2.05) is 7.05 Å². The molecule has 1 rings (SSSR count). The number of aliphatic hydroxyl groups excluding tert-OH is 1. The average molecular weight is 187 g/mol. The summed E-state index contributed by atoms with van der Waals surface area (Å²) < 4.78 is 5.47. The zero-order chi connectivity index (χ0) is 9.52. The molecule has 0 heterocycles. The highest BCUT2D eigenvalue weighted by molar-refractivity contribution is 4.72. The van der Waals surface area contributed by atoms with Gasteiger partial charge in [0.05, 0.1) is 6.61 Å². The molecule has 3 nitrogen and oxygen atoms in total. The Balaban J connectivity index is 1.81. The number of hydrogen-bond acceptors (Lipinski definition) is 3. The van der Waals surface area contributed by atoms with E-state index in [9.17, 15) is 0 Å². The molecule has 1 aliphatic rings. The summed E-state index contributed by atoms with van der Waals surface area (Å²) in [6.45, 7) is 1.85. The maximum atomic E-state index is 8.86. The standard InChI is InChI=1S/C10H21NO2/c1-11-10(8-12)5-7-13-6-4-9-2-3-9/h9-12H,2-8H2,1H3. The van der Waals surface area contributed by atoms with Crippen molar-refractivity contribution >= 4 is 0 Å². The summed E-state index contributed by atoms with van der Waals surface area (Å²) in [4.78, 5) is 0. The van der Waals surface area contributed by atoms with Crippen molar-refractivity contribution in [3.63, 3.8) is 0 Å². The van der Waals surface area contributed by atoms with E-state index in [2.05, 4.69) is 5.32 Å². The summed E-state index contributed by atoms with van der Waals surface area (Å²) in [6.07, 6.45) is 4.93. The molecule has 2 N–H and O–H groups in total. The molecule has 13 heavy (non-hydrogen) atoms. The number of hydrogen-bond donors (Lipinski definition) is 2. The Bertz CT molecular complexity index is 122. The van der Waals surface area contributed by atoms with Crippen molar-refractivity contribution in [2.45, 2.75) is 31.7 Å². The van der Waals surface area contributed by atoms with Crippen LogP contribution in [0.4, 0.5) is 0 Å². The van der Waals surface area contributed by atoms with E-state index in [4.69, 9.17) is 9.84 Å². The van der Waals surface area contributed by atoms with Crippen LogP contribution in [0.25, 0.3) is 0 Å². The topological polar surface area (TPSA) is 41.5 Å². The highest BCUT2D eigenvalue weighted by Crippen LogP contribution is 2.32. The average Bonchev–Trinajstić information content (AvgIpc) is 2.95.